The minimum Gasteiger partial charge on any atom is -0.508 e. The maximum Gasteiger partial charge on any atom is 0.291 e. The first kappa shape index (κ1) is 20.0. The van der Waals surface area contributed by atoms with E-state index < -0.39 is 11.9 Å². The second-order valence-electron chi connectivity index (χ2n) is 8.16. The Morgan fingerprint density at radius 3 is 2.31 bits per heavy atom. The van der Waals surface area contributed by atoms with Crippen molar-refractivity contribution in [2.24, 2.45) is 0 Å². The summed E-state index contributed by atoms with van der Waals surface area (Å²) in [5.41, 5.74) is 3.71. The Kier molecular flexibility index (Phi) is 4.59. The molecule has 4 aromatic rings. The molecule has 1 atom stereocenters. The quantitative estimate of drug-likeness (QED) is 0.498. The fraction of sp³-hybridized carbons (Fsp3) is 0.154. The molecular formula is C26H20FNO4. The van der Waals surface area contributed by atoms with Crippen LogP contribution in [-0.4, -0.2) is 15.9 Å². The molecule has 3 aromatic carbocycles. The third-order valence-corrected chi connectivity index (χ3v) is 6.06. The van der Waals surface area contributed by atoms with Crippen LogP contribution in [0.5, 0.6) is 5.75 Å². The number of hydrogen-bond donors (Lipinski definition) is 1. The molecular weight excluding hydrogens is 409 g/mol. The highest BCUT2D eigenvalue weighted by atomic mass is 19.1. The first-order valence-corrected chi connectivity index (χ1v) is 10.3. The number of halogens is 1. The van der Waals surface area contributed by atoms with Crippen molar-refractivity contribution in [2.75, 3.05) is 0 Å². The van der Waals surface area contributed by atoms with Crippen LogP contribution < -0.4 is 5.43 Å². The average Bonchev–Trinajstić information content (AvgIpc) is 3.04. The SMILES string of the molecule is Cc1cc2oc3c(c(=O)c2cc1C)C(c1ccc(O)cc1)N(Cc1ccc(F)cc1)C3=O. The molecule has 2 heterocycles. The number of carbonyl (C=O) groups is 1. The van der Waals surface area contributed by atoms with E-state index in [1.165, 1.54) is 24.3 Å². The third kappa shape index (κ3) is 3.15. The molecule has 0 saturated carbocycles. The maximum absolute atomic E-state index is 13.6. The van der Waals surface area contributed by atoms with Gasteiger partial charge in [0.15, 0.2) is 5.43 Å². The second kappa shape index (κ2) is 7.34. The van der Waals surface area contributed by atoms with E-state index in [1.54, 1.807) is 41.3 Å². The fourth-order valence-electron chi connectivity index (χ4n) is 4.23. The van der Waals surface area contributed by atoms with Crippen molar-refractivity contribution < 1.29 is 18.7 Å². The number of aromatic hydroxyl groups is 1. The van der Waals surface area contributed by atoms with Gasteiger partial charge in [-0.15, -0.1) is 0 Å². The van der Waals surface area contributed by atoms with Gasteiger partial charge in [0.1, 0.15) is 17.1 Å². The van der Waals surface area contributed by atoms with Gasteiger partial charge in [0, 0.05) is 6.54 Å². The van der Waals surface area contributed by atoms with Crippen LogP contribution in [0.3, 0.4) is 0 Å². The van der Waals surface area contributed by atoms with Gasteiger partial charge in [-0.25, -0.2) is 4.39 Å². The summed E-state index contributed by atoms with van der Waals surface area (Å²) in [6.45, 7) is 4.01. The molecule has 32 heavy (non-hydrogen) atoms. The smallest absolute Gasteiger partial charge is 0.291 e. The highest BCUT2D eigenvalue weighted by Crippen LogP contribution is 2.39. The average molecular weight is 429 g/mol. The number of fused-ring (bicyclic) bond motifs is 2. The number of hydrogen-bond acceptors (Lipinski definition) is 4. The van der Waals surface area contributed by atoms with Crippen molar-refractivity contribution in [3.8, 4) is 5.75 Å². The number of phenolic OH excluding ortho intramolecular Hbond substituents is 1. The Bertz CT molecular complexity index is 1420. The summed E-state index contributed by atoms with van der Waals surface area (Å²) >= 11 is 0. The normalized spacial score (nSPS) is 15.4. The van der Waals surface area contributed by atoms with Gasteiger partial charge in [0.05, 0.1) is 17.0 Å². The zero-order chi connectivity index (χ0) is 22.6. The van der Waals surface area contributed by atoms with E-state index in [0.29, 0.717) is 16.5 Å². The first-order valence-electron chi connectivity index (χ1n) is 10.3. The summed E-state index contributed by atoms with van der Waals surface area (Å²) < 4.78 is 19.4. The molecule has 5 rings (SSSR count). The van der Waals surface area contributed by atoms with Gasteiger partial charge in [-0.3, -0.25) is 9.59 Å². The Morgan fingerprint density at radius 2 is 1.62 bits per heavy atom. The summed E-state index contributed by atoms with van der Waals surface area (Å²) in [5, 5.41) is 10.2. The summed E-state index contributed by atoms with van der Waals surface area (Å²) in [7, 11) is 0. The Morgan fingerprint density at radius 1 is 0.969 bits per heavy atom. The minimum atomic E-state index is -0.689. The molecule has 5 nitrogen and oxygen atoms in total. The monoisotopic (exact) mass is 429 g/mol. The highest BCUT2D eigenvalue weighted by Gasteiger charge is 2.42. The predicted molar refractivity (Wildman–Crippen MR) is 118 cm³/mol. The van der Waals surface area contributed by atoms with Gasteiger partial charge < -0.3 is 14.4 Å². The van der Waals surface area contributed by atoms with Gasteiger partial charge in [0.2, 0.25) is 5.76 Å². The lowest BCUT2D eigenvalue weighted by molar-refractivity contribution is 0.0714. The molecule has 1 amide bonds. The van der Waals surface area contributed by atoms with Crippen LogP contribution in [0.2, 0.25) is 0 Å². The Labute approximate surface area is 183 Å². The lowest BCUT2D eigenvalue weighted by Crippen LogP contribution is -2.29. The van der Waals surface area contributed by atoms with Crippen LogP contribution in [0.15, 0.2) is 69.9 Å². The highest BCUT2D eigenvalue weighted by molar-refractivity contribution is 5.99. The van der Waals surface area contributed by atoms with Crippen molar-refractivity contribution in [2.45, 2.75) is 26.4 Å². The van der Waals surface area contributed by atoms with Gasteiger partial charge in [-0.2, -0.15) is 0 Å². The first-order chi connectivity index (χ1) is 15.3. The summed E-state index contributed by atoms with van der Waals surface area (Å²) in [6, 6.07) is 15.2. The number of aryl methyl sites for hydroxylation is 2. The number of benzene rings is 3. The van der Waals surface area contributed by atoms with E-state index in [4.69, 9.17) is 4.42 Å². The maximum atomic E-state index is 13.6. The van der Waals surface area contributed by atoms with Crippen LogP contribution in [0, 0.1) is 19.7 Å². The number of carbonyl (C=O) groups excluding carboxylic acids is 1. The zero-order valence-corrected chi connectivity index (χ0v) is 17.6. The van der Waals surface area contributed by atoms with Crippen molar-refractivity contribution in [3.05, 3.63) is 110 Å². The van der Waals surface area contributed by atoms with Crippen LogP contribution in [0.25, 0.3) is 11.0 Å². The lowest BCUT2D eigenvalue weighted by atomic mass is 9.97. The standard InChI is InChI=1S/C26H20FNO4/c1-14-11-20-21(12-15(14)2)32-25-22(24(20)30)23(17-5-9-19(29)10-6-17)28(26(25)31)13-16-3-7-18(27)8-4-16/h3-12,23,29H,13H2,1-2H3. The molecule has 1 N–H and O–H groups in total. The third-order valence-electron chi connectivity index (χ3n) is 6.06. The van der Waals surface area contributed by atoms with Crippen molar-refractivity contribution >= 4 is 16.9 Å². The van der Waals surface area contributed by atoms with Crippen molar-refractivity contribution in [1.82, 2.24) is 4.90 Å². The van der Waals surface area contributed by atoms with E-state index in [-0.39, 0.29) is 34.9 Å². The number of amides is 1. The molecule has 0 fully saturated rings. The number of rotatable bonds is 3. The molecule has 1 aliphatic rings. The van der Waals surface area contributed by atoms with E-state index in [1.807, 2.05) is 13.8 Å². The molecule has 1 aromatic heterocycles. The predicted octanol–water partition coefficient (Wildman–Crippen LogP) is 5.00. The molecule has 0 radical (unpaired) electrons. The topological polar surface area (TPSA) is 70.8 Å². The fourth-order valence-corrected chi connectivity index (χ4v) is 4.23. The largest absolute Gasteiger partial charge is 0.508 e. The Balaban J connectivity index is 1.73. The van der Waals surface area contributed by atoms with Crippen LogP contribution in [0.1, 0.15) is 44.4 Å². The summed E-state index contributed by atoms with van der Waals surface area (Å²) in [5.74, 6) is -0.667. The van der Waals surface area contributed by atoms with Crippen molar-refractivity contribution in [3.63, 3.8) is 0 Å². The lowest BCUT2D eigenvalue weighted by Gasteiger charge is -2.25. The second-order valence-corrected chi connectivity index (χ2v) is 8.16. The zero-order valence-electron chi connectivity index (χ0n) is 17.6. The molecule has 0 spiro atoms. The van der Waals surface area contributed by atoms with Crippen LogP contribution in [0.4, 0.5) is 4.39 Å². The van der Waals surface area contributed by atoms with Crippen LogP contribution >= 0.6 is 0 Å². The molecule has 0 aliphatic carbocycles. The van der Waals surface area contributed by atoms with Crippen molar-refractivity contribution in [1.29, 1.82) is 0 Å². The molecule has 1 aliphatic heterocycles. The van der Waals surface area contributed by atoms with Gasteiger partial charge in [0.25, 0.3) is 5.91 Å². The minimum absolute atomic E-state index is 0.0194. The number of nitrogens with zero attached hydrogens (tertiary/aromatic N) is 1. The van der Waals surface area contributed by atoms with Gasteiger partial charge in [-0.1, -0.05) is 24.3 Å². The Hall–Kier alpha value is -3.93. The van der Waals surface area contributed by atoms with Gasteiger partial charge in [-0.05, 0) is 72.5 Å². The molecule has 0 bridgehead atoms. The van der Waals surface area contributed by atoms with E-state index >= 15 is 0 Å². The molecule has 160 valence electrons. The summed E-state index contributed by atoms with van der Waals surface area (Å²) in [4.78, 5) is 28.6. The van der Waals surface area contributed by atoms with E-state index in [0.717, 1.165) is 16.7 Å². The van der Waals surface area contributed by atoms with E-state index in [2.05, 4.69) is 0 Å². The van der Waals surface area contributed by atoms with Crippen LogP contribution in [-0.2, 0) is 6.54 Å². The molecule has 6 heteroatoms. The van der Waals surface area contributed by atoms with E-state index in [9.17, 15) is 19.1 Å². The number of phenols is 1. The molecule has 0 saturated heterocycles. The van der Waals surface area contributed by atoms with Gasteiger partial charge >= 0.3 is 0 Å². The summed E-state index contributed by atoms with van der Waals surface area (Å²) in [6.07, 6.45) is 0. The molecule has 1 unspecified atom stereocenters.